The van der Waals surface area contributed by atoms with Crippen LogP contribution >= 0.6 is 15.9 Å². The Morgan fingerprint density at radius 3 is 2.65 bits per heavy atom. The van der Waals surface area contributed by atoms with E-state index in [0.717, 1.165) is 15.7 Å². The molecule has 1 aliphatic carbocycles. The van der Waals surface area contributed by atoms with Crippen molar-refractivity contribution in [2.45, 2.75) is 31.8 Å². The molecule has 4 heteroatoms. The van der Waals surface area contributed by atoms with Gasteiger partial charge in [0.25, 0.3) is 5.91 Å². The standard InChI is InChI=1S/C16H17BrN2O/c1-11(12-4-6-13(17)7-5-12)18-16(20)15-3-2-10-19(15)14-8-9-14/h2-7,10-11,14H,8-9H2,1H3,(H,18,20). The molecule has 104 valence electrons. The minimum atomic E-state index is -0.00248. The van der Waals surface area contributed by atoms with Gasteiger partial charge < -0.3 is 9.88 Å². The molecule has 1 fully saturated rings. The molecular weight excluding hydrogens is 316 g/mol. The van der Waals surface area contributed by atoms with Crippen LogP contribution in [0.2, 0.25) is 0 Å². The number of hydrogen-bond acceptors (Lipinski definition) is 1. The van der Waals surface area contributed by atoms with Crippen LogP contribution in [0.3, 0.4) is 0 Å². The topological polar surface area (TPSA) is 34.0 Å². The zero-order chi connectivity index (χ0) is 14.1. The minimum absolute atomic E-state index is 0.00171. The number of nitrogens with zero attached hydrogens (tertiary/aromatic N) is 1. The van der Waals surface area contributed by atoms with E-state index >= 15 is 0 Å². The highest BCUT2D eigenvalue weighted by molar-refractivity contribution is 9.10. The second kappa shape index (κ2) is 5.44. The van der Waals surface area contributed by atoms with Crippen molar-refractivity contribution in [2.24, 2.45) is 0 Å². The van der Waals surface area contributed by atoms with Crippen molar-refractivity contribution in [3.05, 3.63) is 58.3 Å². The lowest BCUT2D eigenvalue weighted by Crippen LogP contribution is -2.28. The Bertz CT molecular complexity index is 614. The average molecular weight is 333 g/mol. The molecule has 0 aliphatic heterocycles. The molecule has 1 heterocycles. The number of nitrogens with one attached hydrogen (secondary N) is 1. The summed E-state index contributed by atoms with van der Waals surface area (Å²) in [6.45, 7) is 2.01. The number of benzene rings is 1. The highest BCUT2D eigenvalue weighted by atomic mass is 79.9. The third-order valence-corrected chi connectivity index (χ3v) is 4.20. The SMILES string of the molecule is CC(NC(=O)c1cccn1C1CC1)c1ccc(Br)cc1. The molecule has 0 saturated heterocycles. The van der Waals surface area contributed by atoms with E-state index in [-0.39, 0.29) is 11.9 Å². The molecule has 3 nitrogen and oxygen atoms in total. The number of carbonyl (C=O) groups is 1. The van der Waals surface area contributed by atoms with Gasteiger partial charge in [-0.2, -0.15) is 0 Å². The molecule has 3 rings (SSSR count). The Balaban J connectivity index is 1.71. The zero-order valence-electron chi connectivity index (χ0n) is 11.3. The molecule has 1 unspecified atom stereocenters. The first-order valence-electron chi connectivity index (χ1n) is 6.88. The number of carbonyl (C=O) groups excluding carboxylic acids is 1. The monoisotopic (exact) mass is 332 g/mol. The largest absolute Gasteiger partial charge is 0.344 e. The maximum atomic E-state index is 12.4. The summed E-state index contributed by atoms with van der Waals surface area (Å²) >= 11 is 3.42. The van der Waals surface area contributed by atoms with Crippen LogP contribution in [-0.4, -0.2) is 10.5 Å². The molecule has 1 amide bonds. The summed E-state index contributed by atoms with van der Waals surface area (Å²) < 4.78 is 3.13. The van der Waals surface area contributed by atoms with Crippen LogP contribution in [-0.2, 0) is 0 Å². The first kappa shape index (κ1) is 13.4. The molecule has 1 atom stereocenters. The van der Waals surface area contributed by atoms with Gasteiger partial charge in [0.2, 0.25) is 0 Å². The van der Waals surface area contributed by atoms with E-state index in [9.17, 15) is 4.79 Å². The first-order chi connectivity index (χ1) is 9.65. The molecule has 0 radical (unpaired) electrons. The smallest absolute Gasteiger partial charge is 0.268 e. The third kappa shape index (κ3) is 2.80. The predicted molar refractivity (Wildman–Crippen MR) is 82.7 cm³/mol. The number of aromatic nitrogens is 1. The Hall–Kier alpha value is -1.55. The maximum absolute atomic E-state index is 12.4. The van der Waals surface area contributed by atoms with E-state index in [4.69, 9.17) is 0 Å². The molecule has 2 aromatic rings. The number of halogens is 1. The van der Waals surface area contributed by atoms with Crippen molar-refractivity contribution in [3.8, 4) is 0 Å². The van der Waals surface area contributed by atoms with Crippen molar-refractivity contribution in [3.63, 3.8) is 0 Å². The highest BCUT2D eigenvalue weighted by Crippen LogP contribution is 2.36. The van der Waals surface area contributed by atoms with E-state index in [1.54, 1.807) is 0 Å². The van der Waals surface area contributed by atoms with Gasteiger partial charge in [0.15, 0.2) is 0 Å². The summed E-state index contributed by atoms with van der Waals surface area (Å²) in [7, 11) is 0. The van der Waals surface area contributed by atoms with Crippen LogP contribution in [0, 0.1) is 0 Å². The van der Waals surface area contributed by atoms with Crippen LogP contribution in [0.1, 0.15) is 47.9 Å². The zero-order valence-corrected chi connectivity index (χ0v) is 12.9. The normalized spacial score (nSPS) is 15.9. The lowest BCUT2D eigenvalue weighted by atomic mass is 10.1. The molecule has 1 aromatic heterocycles. The third-order valence-electron chi connectivity index (χ3n) is 3.67. The molecule has 0 spiro atoms. The van der Waals surface area contributed by atoms with Gasteiger partial charge in [0.05, 0.1) is 6.04 Å². The van der Waals surface area contributed by atoms with E-state index in [1.165, 1.54) is 12.8 Å². The summed E-state index contributed by atoms with van der Waals surface area (Å²) in [6.07, 6.45) is 4.35. The number of rotatable bonds is 4. The quantitative estimate of drug-likeness (QED) is 0.899. The molecule has 1 saturated carbocycles. The fourth-order valence-corrected chi connectivity index (χ4v) is 2.63. The summed E-state index contributed by atoms with van der Waals surface area (Å²) in [5.41, 5.74) is 1.86. The fraction of sp³-hybridized carbons (Fsp3) is 0.312. The summed E-state index contributed by atoms with van der Waals surface area (Å²) in [4.78, 5) is 12.4. The number of amides is 1. The van der Waals surface area contributed by atoms with Crippen LogP contribution < -0.4 is 5.32 Å². The van der Waals surface area contributed by atoms with Crippen molar-refractivity contribution >= 4 is 21.8 Å². The van der Waals surface area contributed by atoms with Crippen LogP contribution in [0.5, 0.6) is 0 Å². The Morgan fingerprint density at radius 2 is 2.00 bits per heavy atom. The van der Waals surface area contributed by atoms with Gasteiger partial charge in [0, 0.05) is 16.7 Å². The van der Waals surface area contributed by atoms with Crippen LogP contribution in [0.15, 0.2) is 47.1 Å². The van der Waals surface area contributed by atoms with Crippen LogP contribution in [0.25, 0.3) is 0 Å². The van der Waals surface area contributed by atoms with E-state index in [0.29, 0.717) is 6.04 Å². The summed E-state index contributed by atoms with van der Waals surface area (Å²) in [5, 5.41) is 3.07. The molecule has 20 heavy (non-hydrogen) atoms. The Labute approximate surface area is 127 Å². The van der Waals surface area contributed by atoms with Gasteiger partial charge >= 0.3 is 0 Å². The van der Waals surface area contributed by atoms with Gasteiger partial charge in [0.1, 0.15) is 5.69 Å². The summed E-state index contributed by atoms with van der Waals surface area (Å²) in [5.74, 6) is -0.00248. The number of hydrogen-bond donors (Lipinski definition) is 1. The maximum Gasteiger partial charge on any atom is 0.268 e. The molecule has 1 aliphatic rings. The average Bonchev–Trinajstić information content (AvgIpc) is 3.16. The first-order valence-corrected chi connectivity index (χ1v) is 7.67. The second-order valence-corrected chi connectivity index (χ2v) is 6.19. The van der Waals surface area contributed by atoms with Gasteiger partial charge in [-0.25, -0.2) is 0 Å². The summed E-state index contributed by atoms with van der Waals surface area (Å²) in [6, 6.07) is 12.4. The Morgan fingerprint density at radius 1 is 1.30 bits per heavy atom. The van der Waals surface area contributed by atoms with Crippen molar-refractivity contribution in [2.75, 3.05) is 0 Å². The lowest BCUT2D eigenvalue weighted by Gasteiger charge is -2.15. The highest BCUT2D eigenvalue weighted by Gasteiger charge is 2.27. The van der Waals surface area contributed by atoms with Gasteiger partial charge in [-0.1, -0.05) is 28.1 Å². The lowest BCUT2D eigenvalue weighted by molar-refractivity contribution is 0.0930. The molecule has 0 bridgehead atoms. The predicted octanol–water partition coefficient (Wildman–Crippen LogP) is 4.08. The van der Waals surface area contributed by atoms with Crippen molar-refractivity contribution in [1.82, 2.24) is 9.88 Å². The van der Waals surface area contributed by atoms with Crippen molar-refractivity contribution in [1.29, 1.82) is 0 Å². The molecule has 1 aromatic carbocycles. The van der Waals surface area contributed by atoms with Gasteiger partial charge in [-0.05, 0) is 49.6 Å². The molecule has 1 N–H and O–H groups in total. The van der Waals surface area contributed by atoms with Crippen LogP contribution in [0.4, 0.5) is 0 Å². The minimum Gasteiger partial charge on any atom is -0.344 e. The van der Waals surface area contributed by atoms with Gasteiger partial charge in [-0.3, -0.25) is 4.79 Å². The Kier molecular flexibility index (Phi) is 3.66. The van der Waals surface area contributed by atoms with Gasteiger partial charge in [-0.15, -0.1) is 0 Å². The van der Waals surface area contributed by atoms with E-state index < -0.39 is 0 Å². The van der Waals surface area contributed by atoms with E-state index in [2.05, 4.69) is 25.8 Å². The second-order valence-electron chi connectivity index (χ2n) is 5.28. The molecular formula is C16H17BrN2O. The van der Waals surface area contributed by atoms with Crippen molar-refractivity contribution < 1.29 is 4.79 Å². The fourth-order valence-electron chi connectivity index (χ4n) is 2.36. The van der Waals surface area contributed by atoms with E-state index in [1.807, 2.05) is 49.5 Å².